The van der Waals surface area contributed by atoms with Crippen LogP contribution in [0.3, 0.4) is 0 Å². The van der Waals surface area contributed by atoms with Gasteiger partial charge in [0.25, 0.3) is 0 Å². The topological polar surface area (TPSA) is 47.6 Å². The Balaban J connectivity index is 1.46. The molecule has 3 unspecified atom stereocenters. The molecule has 1 spiro atoms. The number of Topliss-reactive ketones (excluding diaryl/α,β-unsaturated/α-hetero) is 1. The first-order chi connectivity index (χ1) is 9.77. The molecule has 114 valence electrons. The molecule has 0 aromatic carbocycles. The van der Waals surface area contributed by atoms with Crippen LogP contribution in [0.4, 0.5) is 0 Å². The minimum Gasteiger partial charge on any atom is -0.378 e. The smallest absolute Gasteiger partial charge is 0.136 e. The number of ether oxygens (including phenoxy) is 2. The number of carbonyl (C=O) groups is 1. The van der Waals surface area contributed by atoms with Gasteiger partial charge in [-0.2, -0.15) is 0 Å². The van der Waals surface area contributed by atoms with Crippen LogP contribution in [0.2, 0.25) is 0 Å². The van der Waals surface area contributed by atoms with Crippen molar-refractivity contribution in [2.24, 2.45) is 11.8 Å². The maximum Gasteiger partial charge on any atom is 0.136 e. The highest BCUT2D eigenvalue weighted by Crippen LogP contribution is 2.36. The summed E-state index contributed by atoms with van der Waals surface area (Å²) in [5.74, 6) is 1.38. The van der Waals surface area contributed by atoms with Gasteiger partial charge in [-0.25, -0.2) is 0 Å². The van der Waals surface area contributed by atoms with Crippen molar-refractivity contribution in [2.75, 3.05) is 32.9 Å². The molecule has 4 nitrogen and oxygen atoms in total. The van der Waals surface area contributed by atoms with Gasteiger partial charge in [0, 0.05) is 32.0 Å². The van der Waals surface area contributed by atoms with Gasteiger partial charge in [-0.3, -0.25) is 4.79 Å². The Morgan fingerprint density at radius 2 is 2.25 bits per heavy atom. The number of nitrogens with one attached hydrogen (secondary N) is 1. The Morgan fingerprint density at radius 1 is 1.30 bits per heavy atom. The highest BCUT2D eigenvalue weighted by Gasteiger charge is 2.42. The molecule has 3 atom stereocenters. The van der Waals surface area contributed by atoms with Crippen molar-refractivity contribution in [3.8, 4) is 0 Å². The van der Waals surface area contributed by atoms with Gasteiger partial charge in [-0.05, 0) is 51.1 Å². The van der Waals surface area contributed by atoms with Crippen molar-refractivity contribution >= 4 is 5.78 Å². The van der Waals surface area contributed by atoms with E-state index in [2.05, 4.69) is 5.32 Å². The van der Waals surface area contributed by atoms with Gasteiger partial charge in [0.2, 0.25) is 0 Å². The summed E-state index contributed by atoms with van der Waals surface area (Å²) >= 11 is 0. The molecule has 3 saturated heterocycles. The van der Waals surface area contributed by atoms with Crippen LogP contribution in [0.5, 0.6) is 0 Å². The van der Waals surface area contributed by atoms with E-state index < -0.39 is 0 Å². The van der Waals surface area contributed by atoms with E-state index in [4.69, 9.17) is 9.47 Å². The van der Waals surface area contributed by atoms with E-state index >= 15 is 0 Å². The van der Waals surface area contributed by atoms with Crippen LogP contribution in [-0.4, -0.2) is 44.3 Å². The minimum absolute atomic E-state index is 0.134. The molecule has 0 radical (unpaired) electrons. The lowest BCUT2D eigenvalue weighted by Crippen LogP contribution is -2.42. The third-order valence-electron chi connectivity index (χ3n) is 5.21. The maximum absolute atomic E-state index is 12.5. The fourth-order valence-corrected chi connectivity index (χ4v) is 3.89. The highest BCUT2D eigenvalue weighted by atomic mass is 16.6. The first-order valence-electron chi connectivity index (χ1n) is 8.23. The van der Waals surface area contributed by atoms with E-state index in [1.54, 1.807) is 0 Å². The quantitative estimate of drug-likeness (QED) is 0.855. The highest BCUT2D eigenvalue weighted by molar-refractivity contribution is 5.81. The summed E-state index contributed by atoms with van der Waals surface area (Å²) < 4.78 is 11.4. The van der Waals surface area contributed by atoms with Gasteiger partial charge < -0.3 is 14.8 Å². The van der Waals surface area contributed by atoms with E-state index in [0.29, 0.717) is 18.3 Å². The average molecular weight is 281 g/mol. The first kappa shape index (κ1) is 14.5. The van der Waals surface area contributed by atoms with Crippen LogP contribution in [-0.2, 0) is 14.3 Å². The van der Waals surface area contributed by atoms with E-state index in [-0.39, 0.29) is 11.5 Å². The molecule has 3 rings (SSSR count). The molecular weight excluding hydrogens is 254 g/mol. The monoisotopic (exact) mass is 281 g/mol. The average Bonchev–Trinajstić information content (AvgIpc) is 2.93. The first-order valence-corrected chi connectivity index (χ1v) is 8.23. The van der Waals surface area contributed by atoms with E-state index in [1.807, 2.05) is 0 Å². The molecule has 3 aliphatic rings. The Kier molecular flexibility index (Phi) is 4.74. The second kappa shape index (κ2) is 6.54. The number of piperidine rings is 1. The van der Waals surface area contributed by atoms with Gasteiger partial charge in [0.15, 0.2) is 0 Å². The molecule has 0 amide bonds. The number of carbonyl (C=O) groups excluding carboxylic acids is 1. The molecule has 0 bridgehead atoms. The van der Waals surface area contributed by atoms with Crippen molar-refractivity contribution in [3.63, 3.8) is 0 Å². The number of rotatable bonds is 4. The van der Waals surface area contributed by atoms with Crippen molar-refractivity contribution in [2.45, 2.75) is 50.5 Å². The Labute approximate surface area is 121 Å². The van der Waals surface area contributed by atoms with Crippen LogP contribution in [0.15, 0.2) is 0 Å². The van der Waals surface area contributed by atoms with E-state index in [0.717, 1.165) is 58.4 Å². The molecule has 3 aliphatic heterocycles. The zero-order valence-corrected chi connectivity index (χ0v) is 12.4. The third-order valence-corrected chi connectivity index (χ3v) is 5.21. The summed E-state index contributed by atoms with van der Waals surface area (Å²) in [6.45, 7) is 4.44. The van der Waals surface area contributed by atoms with Crippen LogP contribution in [0.25, 0.3) is 0 Å². The van der Waals surface area contributed by atoms with Crippen molar-refractivity contribution < 1.29 is 14.3 Å². The Bertz CT molecular complexity index is 333. The van der Waals surface area contributed by atoms with Crippen LogP contribution >= 0.6 is 0 Å². The predicted octanol–water partition coefficient (Wildman–Crippen LogP) is 1.92. The third kappa shape index (κ3) is 3.41. The largest absolute Gasteiger partial charge is 0.378 e. The molecule has 1 N–H and O–H groups in total. The standard InChI is InChI=1S/C16H27NO3/c18-15(4-3-13-2-1-7-17-11-13)14-5-8-20-16(10-14)6-9-19-12-16/h13-14,17H,1-12H2. The summed E-state index contributed by atoms with van der Waals surface area (Å²) in [6.07, 6.45) is 7.12. The Hall–Kier alpha value is -0.450. The predicted molar refractivity (Wildman–Crippen MR) is 76.7 cm³/mol. The van der Waals surface area contributed by atoms with Gasteiger partial charge in [0.05, 0.1) is 12.2 Å². The second-order valence-electron chi connectivity index (χ2n) is 6.74. The number of hydrogen-bond donors (Lipinski definition) is 1. The molecule has 0 aliphatic carbocycles. The van der Waals surface area contributed by atoms with Gasteiger partial charge in [-0.1, -0.05) is 0 Å². The van der Waals surface area contributed by atoms with Gasteiger partial charge in [0.1, 0.15) is 5.78 Å². The molecule has 20 heavy (non-hydrogen) atoms. The summed E-state index contributed by atoms with van der Waals surface area (Å²) in [4.78, 5) is 12.5. The lowest BCUT2D eigenvalue weighted by atomic mass is 9.81. The van der Waals surface area contributed by atoms with Crippen molar-refractivity contribution in [1.82, 2.24) is 5.32 Å². The lowest BCUT2D eigenvalue weighted by molar-refractivity contribution is -0.137. The molecule has 3 heterocycles. The Morgan fingerprint density at radius 3 is 3.00 bits per heavy atom. The molecule has 0 aromatic heterocycles. The summed E-state index contributed by atoms with van der Waals surface area (Å²) in [5.41, 5.74) is -0.134. The number of hydrogen-bond acceptors (Lipinski definition) is 4. The van der Waals surface area contributed by atoms with Gasteiger partial charge in [-0.15, -0.1) is 0 Å². The molecule has 0 saturated carbocycles. The summed E-state index contributed by atoms with van der Waals surface area (Å²) in [5, 5.41) is 3.43. The number of ketones is 1. The molecule has 4 heteroatoms. The molecular formula is C16H27NO3. The minimum atomic E-state index is -0.134. The van der Waals surface area contributed by atoms with Crippen molar-refractivity contribution in [1.29, 1.82) is 0 Å². The SMILES string of the molecule is O=C(CCC1CCCNC1)C1CCOC2(CCOC2)C1. The lowest BCUT2D eigenvalue weighted by Gasteiger charge is -2.36. The van der Waals surface area contributed by atoms with Crippen molar-refractivity contribution in [3.05, 3.63) is 0 Å². The summed E-state index contributed by atoms with van der Waals surface area (Å²) in [6, 6.07) is 0. The van der Waals surface area contributed by atoms with E-state index in [9.17, 15) is 4.79 Å². The zero-order valence-electron chi connectivity index (χ0n) is 12.4. The fourth-order valence-electron chi connectivity index (χ4n) is 3.89. The maximum atomic E-state index is 12.5. The normalized spacial score (nSPS) is 38.2. The fraction of sp³-hybridized carbons (Fsp3) is 0.938. The van der Waals surface area contributed by atoms with Gasteiger partial charge >= 0.3 is 0 Å². The van der Waals surface area contributed by atoms with Crippen LogP contribution < -0.4 is 5.32 Å². The van der Waals surface area contributed by atoms with Crippen LogP contribution in [0.1, 0.15) is 44.9 Å². The molecule has 0 aromatic rings. The summed E-state index contributed by atoms with van der Waals surface area (Å²) in [7, 11) is 0. The molecule has 3 fully saturated rings. The zero-order chi connectivity index (χ0) is 13.8. The van der Waals surface area contributed by atoms with Crippen LogP contribution in [0, 0.1) is 11.8 Å². The van der Waals surface area contributed by atoms with E-state index in [1.165, 1.54) is 12.8 Å². The second-order valence-corrected chi connectivity index (χ2v) is 6.74.